The van der Waals surface area contributed by atoms with E-state index in [0.29, 0.717) is 37.1 Å². The van der Waals surface area contributed by atoms with Crippen LogP contribution in [0.4, 0.5) is 0 Å². The molecule has 2 N–H and O–H groups in total. The van der Waals surface area contributed by atoms with Crippen molar-refractivity contribution in [3.05, 3.63) is 17.5 Å². The van der Waals surface area contributed by atoms with Crippen molar-refractivity contribution in [3.8, 4) is 0 Å². The molecule has 5 heteroatoms. The maximum absolute atomic E-state index is 11.4. The molecule has 5 nitrogen and oxygen atoms in total. The van der Waals surface area contributed by atoms with Crippen molar-refractivity contribution in [2.45, 2.75) is 44.1 Å². The van der Waals surface area contributed by atoms with Crippen molar-refractivity contribution in [2.24, 2.45) is 0 Å². The molecular weight excluding hydrogens is 210 g/mol. The summed E-state index contributed by atoms with van der Waals surface area (Å²) in [6.07, 6.45) is 1.39. The minimum absolute atomic E-state index is 0.392. The lowest BCUT2D eigenvalue weighted by atomic mass is 9.71. The second-order valence-corrected chi connectivity index (χ2v) is 4.45. The molecule has 0 aromatic carbocycles. The number of aliphatic hydroxyl groups is 1. The van der Waals surface area contributed by atoms with Gasteiger partial charge in [0.05, 0.1) is 11.8 Å². The van der Waals surface area contributed by atoms with Crippen LogP contribution in [-0.2, 0) is 10.2 Å². The number of aromatic nitrogens is 1. The standard InChI is InChI=1S/C11H15NO4/c1-7-6-9(16-12-7)11(10(14)15)4-2-8(13)3-5-11/h6,8,13H,2-5H2,1H3,(H,14,15). The molecule has 1 aromatic rings. The highest BCUT2D eigenvalue weighted by Gasteiger charge is 2.46. The number of aryl methyl sites for hydroxylation is 1. The quantitative estimate of drug-likeness (QED) is 0.791. The number of rotatable bonds is 2. The molecule has 0 atom stereocenters. The largest absolute Gasteiger partial charge is 0.480 e. The molecule has 16 heavy (non-hydrogen) atoms. The lowest BCUT2D eigenvalue weighted by molar-refractivity contribution is -0.147. The summed E-state index contributed by atoms with van der Waals surface area (Å²) in [5.41, 5.74) is -0.317. The Bertz CT molecular complexity index is 390. The molecular formula is C11H15NO4. The van der Waals surface area contributed by atoms with Gasteiger partial charge in [-0.15, -0.1) is 0 Å². The Balaban J connectivity index is 2.33. The van der Waals surface area contributed by atoms with Gasteiger partial charge in [-0.2, -0.15) is 0 Å². The van der Waals surface area contributed by atoms with Gasteiger partial charge in [0.25, 0.3) is 0 Å². The predicted octanol–water partition coefficient (Wildman–Crippen LogP) is 1.24. The first kappa shape index (κ1) is 11.1. The van der Waals surface area contributed by atoms with Gasteiger partial charge < -0.3 is 14.7 Å². The Morgan fingerprint density at radius 2 is 2.19 bits per heavy atom. The number of aliphatic hydroxyl groups excluding tert-OH is 1. The van der Waals surface area contributed by atoms with E-state index in [0.717, 1.165) is 0 Å². The summed E-state index contributed by atoms with van der Waals surface area (Å²) in [7, 11) is 0. The van der Waals surface area contributed by atoms with Crippen molar-refractivity contribution >= 4 is 5.97 Å². The zero-order chi connectivity index (χ0) is 11.8. The van der Waals surface area contributed by atoms with E-state index >= 15 is 0 Å². The Labute approximate surface area is 93.1 Å². The van der Waals surface area contributed by atoms with Crippen LogP contribution < -0.4 is 0 Å². The smallest absolute Gasteiger partial charge is 0.317 e. The van der Waals surface area contributed by atoms with Gasteiger partial charge >= 0.3 is 5.97 Å². The van der Waals surface area contributed by atoms with Crippen molar-refractivity contribution in [1.29, 1.82) is 0 Å². The Kier molecular flexibility index (Phi) is 2.71. The molecule has 1 aliphatic rings. The number of hydrogen-bond acceptors (Lipinski definition) is 4. The van der Waals surface area contributed by atoms with Crippen LogP contribution in [0, 0.1) is 6.92 Å². The monoisotopic (exact) mass is 225 g/mol. The first-order valence-electron chi connectivity index (χ1n) is 5.40. The van der Waals surface area contributed by atoms with E-state index in [1.807, 2.05) is 0 Å². The lowest BCUT2D eigenvalue weighted by Gasteiger charge is -2.32. The van der Waals surface area contributed by atoms with E-state index < -0.39 is 17.5 Å². The third-order valence-electron chi connectivity index (χ3n) is 3.32. The van der Waals surface area contributed by atoms with E-state index in [1.54, 1.807) is 13.0 Å². The molecule has 0 bridgehead atoms. The summed E-state index contributed by atoms with van der Waals surface area (Å²) >= 11 is 0. The molecule has 0 amide bonds. The van der Waals surface area contributed by atoms with Crippen LogP contribution >= 0.6 is 0 Å². The number of carbonyl (C=O) groups is 1. The van der Waals surface area contributed by atoms with Crippen molar-refractivity contribution < 1.29 is 19.5 Å². The zero-order valence-corrected chi connectivity index (χ0v) is 9.14. The molecule has 0 saturated heterocycles. The Morgan fingerprint density at radius 3 is 2.62 bits per heavy atom. The highest BCUT2D eigenvalue weighted by Crippen LogP contribution is 2.40. The minimum Gasteiger partial charge on any atom is -0.480 e. The fourth-order valence-electron chi connectivity index (χ4n) is 2.25. The van der Waals surface area contributed by atoms with Crippen LogP contribution in [0.15, 0.2) is 10.6 Å². The molecule has 0 aliphatic heterocycles. The van der Waals surface area contributed by atoms with Crippen LogP contribution in [0.1, 0.15) is 37.1 Å². The van der Waals surface area contributed by atoms with Crippen LogP contribution in [0.25, 0.3) is 0 Å². The van der Waals surface area contributed by atoms with Gasteiger partial charge in [-0.3, -0.25) is 4.79 Å². The molecule has 88 valence electrons. The molecule has 1 fully saturated rings. The molecule has 0 radical (unpaired) electrons. The number of aliphatic carboxylic acids is 1. The second kappa shape index (κ2) is 3.90. The van der Waals surface area contributed by atoms with Gasteiger partial charge in [0, 0.05) is 6.07 Å². The summed E-state index contributed by atoms with van der Waals surface area (Å²) < 4.78 is 5.09. The maximum atomic E-state index is 11.4. The Hall–Kier alpha value is -1.36. The third-order valence-corrected chi connectivity index (χ3v) is 3.32. The van der Waals surface area contributed by atoms with Crippen molar-refractivity contribution in [2.75, 3.05) is 0 Å². The molecule has 0 unspecified atom stereocenters. The van der Waals surface area contributed by atoms with Gasteiger partial charge in [-0.25, -0.2) is 0 Å². The average Bonchev–Trinajstić information content (AvgIpc) is 2.66. The molecule has 0 spiro atoms. The third kappa shape index (κ3) is 1.71. The molecule has 1 aliphatic carbocycles. The van der Waals surface area contributed by atoms with Crippen LogP contribution in [0.3, 0.4) is 0 Å². The highest BCUT2D eigenvalue weighted by molar-refractivity contribution is 5.80. The van der Waals surface area contributed by atoms with E-state index in [-0.39, 0.29) is 0 Å². The molecule has 1 heterocycles. The number of carboxylic acids is 1. The van der Waals surface area contributed by atoms with E-state index in [4.69, 9.17) is 4.52 Å². The van der Waals surface area contributed by atoms with Crippen molar-refractivity contribution in [1.82, 2.24) is 5.16 Å². The first-order valence-corrected chi connectivity index (χ1v) is 5.40. The van der Waals surface area contributed by atoms with Gasteiger partial charge in [-0.1, -0.05) is 5.16 Å². The first-order chi connectivity index (χ1) is 7.54. The van der Waals surface area contributed by atoms with Crippen LogP contribution in [-0.4, -0.2) is 27.4 Å². The second-order valence-electron chi connectivity index (χ2n) is 4.45. The van der Waals surface area contributed by atoms with Gasteiger partial charge in [0.1, 0.15) is 5.41 Å². The Morgan fingerprint density at radius 1 is 1.56 bits per heavy atom. The summed E-state index contributed by atoms with van der Waals surface area (Å²) in [5, 5.41) is 22.5. The van der Waals surface area contributed by atoms with Gasteiger partial charge in [0.2, 0.25) is 0 Å². The zero-order valence-electron chi connectivity index (χ0n) is 9.14. The average molecular weight is 225 g/mol. The number of carboxylic acid groups (broad SMARTS) is 1. The maximum Gasteiger partial charge on any atom is 0.317 e. The molecule has 2 rings (SSSR count). The molecule has 1 aromatic heterocycles. The lowest BCUT2D eigenvalue weighted by Crippen LogP contribution is -2.40. The van der Waals surface area contributed by atoms with Crippen molar-refractivity contribution in [3.63, 3.8) is 0 Å². The minimum atomic E-state index is -1.000. The fourth-order valence-corrected chi connectivity index (χ4v) is 2.25. The summed E-state index contributed by atoms with van der Waals surface area (Å²) in [4.78, 5) is 11.4. The van der Waals surface area contributed by atoms with E-state index in [1.165, 1.54) is 0 Å². The van der Waals surface area contributed by atoms with E-state index in [9.17, 15) is 15.0 Å². The van der Waals surface area contributed by atoms with E-state index in [2.05, 4.69) is 5.16 Å². The van der Waals surface area contributed by atoms with Crippen LogP contribution in [0.5, 0.6) is 0 Å². The highest BCUT2D eigenvalue weighted by atomic mass is 16.5. The molecule has 1 saturated carbocycles. The summed E-state index contributed by atoms with van der Waals surface area (Å²) in [6.45, 7) is 1.76. The summed E-state index contributed by atoms with van der Waals surface area (Å²) in [5.74, 6) is -0.486. The van der Waals surface area contributed by atoms with Gasteiger partial charge in [0.15, 0.2) is 5.76 Å². The SMILES string of the molecule is Cc1cc(C2(C(=O)O)CCC(O)CC2)on1. The normalized spacial score (nSPS) is 30.2. The van der Waals surface area contributed by atoms with Gasteiger partial charge in [-0.05, 0) is 32.6 Å². The summed E-state index contributed by atoms with van der Waals surface area (Å²) in [6, 6.07) is 1.67. The topological polar surface area (TPSA) is 83.6 Å². The number of nitrogens with zero attached hydrogens (tertiary/aromatic N) is 1. The van der Waals surface area contributed by atoms with Crippen LogP contribution in [0.2, 0.25) is 0 Å². The fraction of sp³-hybridized carbons (Fsp3) is 0.636. The number of hydrogen-bond donors (Lipinski definition) is 2. The predicted molar refractivity (Wildman–Crippen MR) is 55.0 cm³/mol.